The second kappa shape index (κ2) is 8.33. The molecule has 0 atom stereocenters. The van der Waals surface area contributed by atoms with Crippen LogP contribution in [0.3, 0.4) is 0 Å². The van der Waals surface area contributed by atoms with E-state index >= 15 is 0 Å². The maximum absolute atomic E-state index is 12.7. The number of methoxy groups -OCH3 is 1. The largest absolute Gasteiger partial charge is 0.495 e. The minimum atomic E-state index is -3.91. The molecule has 0 aliphatic heterocycles. The Hall–Kier alpha value is -3.03. The molecule has 0 aliphatic rings. The van der Waals surface area contributed by atoms with Crippen LogP contribution in [0.15, 0.2) is 77.7 Å². The fourth-order valence-electron chi connectivity index (χ4n) is 2.47. The average molecular weight is 417 g/mol. The molecular weight excluding hydrogens is 400 g/mol. The van der Waals surface area contributed by atoms with Gasteiger partial charge in [-0.05, 0) is 54.6 Å². The van der Waals surface area contributed by atoms with E-state index in [0.717, 1.165) is 0 Å². The molecule has 28 heavy (non-hydrogen) atoms. The van der Waals surface area contributed by atoms with E-state index in [4.69, 9.17) is 16.3 Å². The van der Waals surface area contributed by atoms with Crippen molar-refractivity contribution in [2.24, 2.45) is 0 Å². The number of amides is 1. The zero-order valence-corrected chi connectivity index (χ0v) is 16.4. The molecule has 0 spiro atoms. The van der Waals surface area contributed by atoms with Crippen LogP contribution in [-0.2, 0) is 10.0 Å². The third-order valence-electron chi connectivity index (χ3n) is 3.86. The Labute approximate surface area is 168 Å². The van der Waals surface area contributed by atoms with Crippen LogP contribution < -0.4 is 14.8 Å². The van der Waals surface area contributed by atoms with Crippen LogP contribution in [0.1, 0.15) is 10.4 Å². The van der Waals surface area contributed by atoms with Gasteiger partial charge in [-0.2, -0.15) is 0 Å². The van der Waals surface area contributed by atoms with Crippen LogP contribution in [0.25, 0.3) is 0 Å². The molecule has 0 radical (unpaired) electrons. The molecule has 0 unspecified atom stereocenters. The highest BCUT2D eigenvalue weighted by Gasteiger charge is 2.18. The molecular formula is C20H17ClN2O4S. The molecule has 0 heterocycles. The van der Waals surface area contributed by atoms with Gasteiger partial charge in [0.05, 0.1) is 17.7 Å². The zero-order valence-electron chi connectivity index (χ0n) is 14.8. The molecule has 1 amide bonds. The number of carbonyl (C=O) groups excluding carboxylic acids is 1. The number of halogens is 1. The predicted octanol–water partition coefficient (Wildman–Crippen LogP) is 4.40. The summed E-state index contributed by atoms with van der Waals surface area (Å²) in [6, 6.07) is 19.0. The Kier molecular flexibility index (Phi) is 5.87. The molecule has 144 valence electrons. The van der Waals surface area contributed by atoms with E-state index in [0.29, 0.717) is 22.1 Å². The fraction of sp³-hybridized carbons (Fsp3) is 0.0500. The van der Waals surface area contributed by atoms with Crippen molar-refractivity contribution in [1.29, 1.82) is 0 Å². The van der Waals surface area contributed by atoms with Gasteiger partial charge in [0.2, 0.25) is 0 Å². The monoisotopic (exact) mass is 416 g/mol. The molecule has 6 nitrogen and oxygen atoms in total. The first-order valence-corrected chi connectivity index (χ1v) is 10.1. The smallest absolute Gasteiger partial charge is 0.262 e. The minimum absolute atomic E-state index is 0.0397. The summed E-state index contributed by atoms with van der Waals surface area (Å²) < 4.78 is 33.1. The van der Waals surface area contributed by atoms with Gasteiger partial charge in [0.1, 0.15) is 5.75 Å². The topological polar surface area (TPSA) is 84.5 Å². The van der Waals surface area contributed by atoms with Gasteiger partial charge in [0, 0.05) is 16.3 Å². The lowest BCUT2D eigenvalue weighted by atomic mass is 10.2. The summed E-state index contributed by atoms with van der Waals surface area (Å²) in [4.78, 5) is 12.4. The second-order valence-electron chi connectivity index (χ2n) is 5.79. The highest BCUT2D eigenvalue weighted by Crippen LogP contribution is 2.26. The van der Waals surface area contributed by atoms with E-state index in [2.05, 4.69) is 10.0 Å². The summed E-state index contributed by atoms with van der Waals surface area (Å²) in [5.74, 6) is -0.0422. The van der Waals surface area contributed by atoms with Gasteiger partial charge in [-0.25, -0.2) is 8.42 Å². The Morgan fingerprint density at radius 2 is 1.68 bits per heavy atom. The molecule has 3 rings (SSSR count). The molecule has 3 aromatic rings. The number of hydrogen-bond donors (Lipinski definition) is 2. The van der Waals surface area contributed by atoms with Crippen molar-refractivity contribution in [2.75, 3.05) is 17.1 Å². The number of rotatable bonds is 6. The number of para-hydroxylation sites is 2. The fourth-order valence-corrected chi connectivity index (χ4v) is 3.72. The second-order valence-corrected chi connectivity index (χ2v) is 7.91. The van der Waals surface area contributed by atoms with Gasteiger partial charge >= 0.3 is 0 Å². The molecule has 3 aromatic carbocycles. The Bertz CT molecular complexity index is 1100. The van der Waals surface area contributed by atoms with Crippen molar-refractivity contribution >= 4 is 38.9 Å². The van der Waals surface area contributed by atoms with Crippen LogP contribution in [-0.4, -0.2) is 21.4 Å². The SMILES string of the molecule is COc1ccccc1NS(=O)(=O)c1cccc(C(=O)Nc2ccc(Cl)cc2)c1. The van der Waals surface area contributed by atoms with Crippen LogP contribution >= 0.6 is 11.6 Å². The summed E-state index contributed by atoms with van der Waals surface area (Å²) >= 11 is 5.83. The summed E-state index contributed by atoms with van der Waals surface area (Å²) in [6.07, 6.45) is 0. The van der Waals surface area contributed by atoms with Crippen molar-refractivity contribution in [3.05, 3.63) is 83.4 Å². The molecule has 0 bridgehead atoms. The number of nitrogens with one attached hydrogen (secondary N) is 2. The van der Waals surface area contributed by atoms with Gasteiger partial charge in [-0.3, -0.25) is 9.52 Å². The quantitative estimate of drug-likeness (QED) is 0.623. The van der Waals surface area contributed by atoms with Crippen LogP contribution in [0, 0.1) is 0 Å². The van der Waals surface area contributed by atoms with Crippen LogP contribution in [0.2, 0.25) is 5.02 Å². The number of sulfonamides is 1. The molecule has 0 aliphatic carbocycles. The lowest BCUT2D eigenvalue weighted by Gasteiger charge is -2.12. The van der Waals surface area contributed by atoms with Crippen molar-refractivity contribution in [1.82, 2.24) is 0 Å². The minimum Gasteiger partial charge on any atom is -0.495 e. The molecule has 0 saturated carbocycles. The van der Waals surface area contributed by atoms with Crippen LogP contribution in [0.4, 0.5) is 11.4 Å². The number of hydrogen-bond acceptors (Lipinski definition) is 4. The van der Waals surface area contributed by atoms with E-state index in [1.807, 2.05) is 0 Å². The Balaban J connectivity index is 1.83. The lowest BCUT2D eigenvalue weighted by molar-refractivity contribution is 0.102. The van der Waals surface area contributed by atoms with Gasteiger partial charge in [-0.1, -0.05) is 29.8 Å². The highest BCUT2D eigenvalue weighted by atomic mass is 35.5. The first-order valence-electron chi connectivity index (χ1n) is 8.22. The Morgan fingerprint density at radius 1 is 0.964 bits per heavy atom. The van der Waals surface area contributed by atoms with E-state index in [9.17, 15) is 13.2 Å². The summed E-state index contributed by atoms with van der Waals surface area (Å²) in [5, 5.41) is 3.25. The number of benzene rings is 3. The molecule has 8 heteroatoms. The summed E-state index contributed by atoms with van der Waals surface area (Å²) in [6.45, 7) is 0. The van der Waals surface area contributed by atoms with Crippen molar-refractivity contribution < 1.29 is 17.9 Å². The van der Waals surface area contributed by atoms with E-state index in [1.165, 1.54) is 31.4 Å². The molecule has 2 N–H and O–H groups in total. The van der Waals surface area contributed by atoms with Gasteiger partial charge in [0.25, 0.3) is 15.9 Å². The number of anilines is 2. The number of carbonyl (C=O) groups is 1. The van der Waals surface area contributed by atoms with E-state index < -0.39 is 15.9 Å². The van der Waals surface area contributed by atoms with Crippen molar-refractivity contribution in [3.8, 4) is 5.75 Å². The zero-order chi connectivity index (χ0) is 20.1. The first kappa shape index (κ1) is 19.7. The normalized spacial score (nSPS) is 10.9. The Morgan fingerprint density at radius 3 is 2.39 bits per heavy atom. The standard InChI is InChI=1S/C20H17ClN2O4S/c1-27-19-8-3-2-7-18(19)23-28(25,26)17-6-4-5-14(13-17)20(24)22-16-11-9-15(21)10-12-16/h2-13,23H,1H3,(H,22,24). The molecule has 0 aromatic heterocycles. The van der Waals surface area contributed by atoms with Gasteiger partial charge in [0.15, 0.2) is 0 Å². The average Bonchev–Trinajstić information content (AvgIpc) is 2.70. The van der Waals surface area contributed by atoms with Crippen molar-refractivity contribution in [3.63, 3.8) is 0 Å². The summed E-state index contributed by atoms with van der Waals surface area (Å²) in [7, 11) is -2.45. The van der Waals surface area contributed by atoms with Gasteiger partial charge in [-0.15, -0.1) is 0 Å². The third-order valence-corrected chi connectivity index (χ3v) is 5.48. The highest BCUT2D eigenvalue weighted by molar-refractivity contribution is 7.92. The van der Waals surface area contributed by atoms with Gasteiger partial charge < -0.3 is 10.1 Å². The lowest BCUT2D eigenvalue weighted by Crippen LogP contribution is -2.16. The van der Waals surface area contributed by atoms with Crippen LogP contribution in [0.5, 0.6) is 5.75 Å². The third kappa shape index (κ3) is 4.62. The maximum Gasteiger partial charge on any atom is 0.262 e. The summed E-state index contributed by atoms with van der Waals surface area (Å²) in [5.41, 5.74) is 1.06. The first-order chi connectivity index (χ1) is 13.4. The van der Waals surface area contributed by atoms with Crippen molar-refractivity contribution in [2.45, 2.75) is 4.90 Å². The van der Waals surface area contributed by atoms with E-state index in [-0.39, 0.29) is 10.5 Å². The molecule has 0 saturated heterocycles. The van der Waals surface area contributed by atoms with E-state index in [1.54, 1.807) is 48.5 Å². The predicted molar refractivity (Wildman–Crippen MR) is 110 cm³/mol. The number of ether oxygens (including phenoxy) is 1. The maximum atomic E-state index is 12.7. The molecule has 0 fully saturated rings.